The van der Waals surface area contributed by atoms with Crippen LogP contribution in [0.4, 0.5) is 11.8 Å². The number of halogens is 1. The number of hydrogen-bond donors (Lipinski definition) is 2. The molecule has 0 aliphatic rings. The van der Waals surface area contributed by atoms with Gasteiger partial charge in [-0.3, -0.25) is 0 Å². The number of rotatable bonds is 7. The van der Waals surface area contributed by atoms with E-state index in [2.05, 4.69) is 41.4 Å². The van der Waals surface area contributed by atoms with Gasteiger partial charge in [-0.1, -0.05) is 25.4 Å². The maximum atomic E-state index is 6.09. The second-order valence-electron chi connectivity index (χ2n) is 4.94. The first-order valence-corrected chi connectivity index (χ1v) is 6.93. The van der Waals surface area contributed by atoms with Crippen molar-refractivity contribution in [1.29, 1.82) is 0 Å². The predicted molar refractivity (Wildman–Crippen MR) is 78.4 cm³/mol. The van der Waals surface area contributed by atoms with Crippen LogP contribution in [0.2, 0.25) is 5.02 Å². The van der Waals surface area contributed by atoms with Crippen molar-refractivity contribution >= 4 is 23.4 Å². The van der Waals surface area contributed by atoms with Crippen molar-refractivity contribution in [1.82, 2.24) is 9.97 Å². The SMILES string of the molecule is CCNc1ncc(Cl)c(NC(C)CCC(C)C)n1. The van der Waals surface area contributed by atoms with E-state index < -0.39 is 0 Å². The van der Waals surface area contributed by atoms with Gasteiger partial charge in [0, 0.05) is 12.6 Å². The minimum Gasteiger partial charge on any atom is -0.366 e. The molecule has 1 unspecified atom stereocenters. The summed E-state index contributed by atoms with van der Waals surface area (Å²) in [6.07, 6.45) is 3.93. The van der Waals surface area contributed by atoms with Gasteiger partial charge in [0.25, 0.3) is 0 Å². The smallest absolute Gasteiger partial charge is 0.224 e. The maximum absolute atomic E-state index is 6.09. The predicted octanol–water partition coefficient (Wildman–Crippen LogP) is 3.80. The molecule has 0 radical (unpaired) electrons. The Labute approximate surface area is 115 Å². The molecule has 5 heteroatoms. The molecule has 1 atom stereocenters. The van der Waals surface area contributed by atoms with E-state index >= 15 is 0 Å². The van der Waals surface area contributed by atoms with E-state index in [0.717, 1.165) is 13.0 Å². The fourth-order valence-corrected chi connectivity index (χ4v) is 1.75. The van der Waals surface area contributed by atoms with Crippen LogP contribution in [-0.2, 0) is 0 Å². The molecule has 0 spiro atoms. The van der Waals surface area contributed by atoms with E-state index in [9.17, 15) is 0 Å². The number of nitrogens with one attached hydrogen (secondary N) is 2. The molecule has 0 fully saturated rings. The zero-order valence-corrected chi connectivity index (χ0v) is 12.4. The van der Waals surface area contributed by atoms with Crippen molar-refractivity contribution < 1.29 is 0 Å². The Morgan fingerprint density at radius 1 is 1.28 bits per heavy atom. The van der Waals surface area contributed by atoms with E-state index in [1.54, 1.807) is 6.20 Å². The van der Waals surface area contributed by atoms with E-state index in [4.69, 9.17) is 11.6 Å². The summed E-state index contributed by atoms with van der Waals surface area (Å²) < 4.78 is 0. The lowest BCUT2D eigenvalue weighted by Crippen LogP contribution is -2.17. The van der Waals surface area contributed by atoms with Crippen LogP contribution in [-0.4, -0.2) is 22.6 Å². The lowest BCUT2D eigenvalue weighted by molar-refractivity contribution is 0.527. The highest BCUT2D eigenvalue weighted by Crippen LogP contribution is 2.21. The highest BCUT2D eigenvalue weighted by molar-refractivity contribution is 6.32. The van der Waals surface area contributed by atoms with E-state index in [1.807, 2.05) is 6.92 Å². The van der Waals surface area contributed by atoms with Crippen LogP contribution >= 0.6 is 11.6 Å². The molecule has 2 N–H and O–H groups in total. The summed E-state index contributed by atoms with van der Waals surface area (Å²) in [7, 11) is 0. The third-order valence-electron chi connectivity index (χ3n) is 2.64. The molecule has 1 aromatic heterocycles. The molecule has 1 aromatic rings. The standard InChI is InChI=1S/C13H23ClN4/c1-5-15-13-16-8-11(14)12(18-13)17-10(4)7-6-9(2)3/h8-10H,5-7H2,1-4H3,(H2,15,16,17,18). The number of aromatic nitrogens is 2. The fourth-order valence-electron chi connectivity index (χ4n) is 1.60. The normalized spacial score (nSPS) is 12.6. The molecule has 0 aromatic carbocycles. The average Bonchev–Trinajstić information content (AvgIpc) is 2.31. The molecule has 0 aliphatic carbocycles. The summed E-state index contributed by atoms with van der Waals surface area (Å²) >= 11 is 6.09. The minimum absolute atomic E-state index is 0.356. The first-order chi connectivity index (χ1) is 8.52. The molecule has 1 heterocycles. The number of anilines is 2. The van der Waals surface area contributed by atoms with Crippen molar-refractivity contribution in [2.75, 3.05) is 17.2 Å². The van der Waals surface area contributed by atoms with Crippen LogP contribution in [0.3, 0.4) is 0 Å². The highest BCUT2D eigenvalue weighted by atomic mass is 35.5. The van der Waals surface area contributed by atoms with Gasteiger partial charge in [0.15, 0.2) is 5.82 Å². The topological polar surface area (TPSA) is 49.8 Å². The molecular weight excluding hydrogens is 248 g/mol. The Balaban J connectivity index is 2.61. The summed E-state index contributed by atoms with van der Waals surface area (Å²) in [4.78, 5) is 8.48. The third kappa shape index (κ3) is 5.08. The maximum Gasteiger partial charge on any atom is 0.224 e. The van der Waals surface area contributed by atoms with Crippen LogP contribution in [0.15, 0.2) is 6.20 Å². The largest absolute Gasteiger partial charge is 0.366 e. The molecular formula is C13H23ClN4. The second kappa shape index (κ2) is 7.41. The Morgan fingerprint density at radius 2 is 2.00 bits per heavy atom. The zero-order chi connectivity index (χ0) is 13.5. The van der Waals surface area contributed by atoms with E-state index in [1.165, 1.54) is 6.42 Å². The number of nitrogens with zero attached hydrogens (tertiary/aromatic N) is 2. The quantitative estimate of drug-likeness (QED) is 0.791. The molecule has 0 saturated heterocycles. The molecule has 18 heavy (non-hydrogen) atoms. The lowest BCUT2D eigenvalue weighted by Gasteiger charge is -2.16. The van der Waals surface area contributed by atoms with Crippen molar-refractivity contribution in [3.05, 3.63) is 11.2 Å². The fraction of sp³-hybridized carbons (Fsp3) is 0.692. The summed E-state index contributed by atoms with van der Waals surface area (Å²) in [6.45, 7) is 9.41. The van der Waals surface area contributed by atoms with E-state index in [0.29, 0.717) is 28.7 Å². The Hall–Kier alpha value is -1.03. The monoisotopic (exact) mass is 270 g/mol. The first-order valence-electron chi connectivity index (χ1n) is 6.55. The van der Waals surface area contributed by atoms with Gasteiger partial charge in [0.1, 0.15) is 5.02 Å². The van der Waals surface area contributed by atoms with Crippen LogP contribution in [0.25, 0.3) is 0 Å². The van der Waals surface area contributed by atoms with E-state index in [-0.39, 0.29) is 0 Å². The van der Waals surface area contributed by atoms with Crippen LogP contribution < -0.4 is 10.6 Å². The Bertz CT molecular complexity index is 368. The molecule has 0 aliphatic heterocycles. The van der Waals surface area contributed by atoms with Crippen molar-refractivity contribution in [2.24, 2.45) is 5.92 Å². The second-order valence-corrected chi connectivity index (χ2v) is 5.34. The van der Waals surface area contributed by atoms with Gasteiger partial charge >= 0.3 is 0 Å². The third-order valence-corrected chi connectivity index (χ3v) is 2.92. The lowest BCUT2D eigenvalue weighted by atomic mass is 10.0. The minimum atomic E-state index is 0.356. The molecule has 0 bridgehead atoms. The average molecular weight is 271 g/mol. The van der Waals surface area contributed by atoms with Crippen LogP contribution in [0, 0.1) is 5.92 Å². The zero-order valence-electron chi connectivity index (χ0n) is 11.6. The van der Waals surface area contributed by atoms with Gasteiger partial charge in [0.2, 0.25) is 5.95 Å². The molecule has 0 saturated carbocycles. The summed E-state index contributed by atoms with van der Waals surface area (Å²) in [5.74, 6) is 2.03. The van der Waals surface area contributed by atoms with Crippen LogP contribution in [0.5, 0.6) is 0 Å². The molecule has 4 nitrogen and oxygen atoms in total. The van der Waals surface area contributed by atoms with Gasteiger partial charge in [-0.2, -0.15) is 4.98 Å². The summed E-state index contributed by atoms with van der Waals surface area (Å²) in [5.41, 5.74) is 0. The van der Waals surface area contributed by atoms with Crippen molar-refractivity contribution in [2.45, 2.75) is 46.6 Å². The molecule has 1 rings (SSSR count). The Morgan fingerprint density at radius 3 is 2.61 bits per heavy atom. The summed E-state index contributed by atoms with van der Waals surface area (Å²) in [6, 6.07) is 0.356. The Kier molecular flexibility index (Phi) is 6.19. The van der Waals surface area contributed by atoms with Crippen molar-refractivity contribution in [3.8, 4) is 0 Å². The molecule has 102 valence electrons. The van der Waals surface area contributed by atoms with Gasteiger partial charge in [-0.05, 0) is 32.6 Å². The van der Waals surface area contributed by atoms with Gasteiger partial charge in [-0.25, -0.2) is 4.98 Å². The molecule has 0 amide bonds. The van der Waals surface area contributed by atoms with Gasteiger partial charge in [0.05, 0.1) is 6.20 Å². The summed E-state index contributed by atoms with van der Waals surface area (Å²) in [5, 5.41) is 6.98. The highest BCUT2D eigenvalue weighted by Gasteiger charge is 2.09. The first kappa shape index (κ1) is 15.0. The van der Waals surface area contributed by atoms with Gasteiger partial charge in [-0.15, -0.1) is 0 Å². The van der Waals surface area contributed by atoms with Crippen LogP contribution in [0.1, 0.15) is 40.5 Å². The van der Waals surface area contributed by atoms with Gasteiger partial charge < -0.3 is 10.6 Å². The van der Waals surface area contributed by atoms with Crippen molar-refractivity contribution in [3.63, 3.8) is 0 Å². The number of hydrogen-bond acceptors (Lipinski definition) is 4.